The summed E-state index contributed by atoms with van der Waals surface area (Å²) in [7, 11) is 0. The van der Waals surface area contributed by atoms with E-state index in [2.05, 4.69) is 31.3 Å². The maximum Gasteiger partial charge on any atom is 0.0462 e. The summed E-state index contributed by atoms with van der Waals surface area (Å²) < 4.78 is 0. The molecular weight excluding hydrogens is 266 g/mol. The van der Waals surface area contributed by atoms with Crippen molar-refractivity contribution in [3.63, 3.8) is 0 Å². The standard InChI is InChI=1S/C14H22ClNOS/c1-11(2)9-16-10-12-4-5-13(8-14(12)15)18-7-3-6-17/h4-5,8,11,16-17H,3,6-7,9-10H2,1-2H3. The van der Waals surface area contributed by atoms with Crippen molar-refractivity contribution >= 4 is 23.4 Å². The Labute approximate surface area is 119 Å². The minimum atomic E-state index is 0.248. The molecule has 0 unspecified atom stereocenters. The number of hydrogen-bond donors (Lipinski definition) is 2. The molecule has 102 valence electrons. The maximum atomic E-state index is 8.74. The summed E-state index contributed by atoms with van der Waals surface area (Å²) in [6.45, 7) is 6.45. The molecule has 0 fully saturated rings. The minimum absolute atomic E-state index is 0.248. The van der Waals surface area contributed by atoms with E-state index < -0.39 is 0 Å². The molecule has 4 heteroatoms. The number of benzene rings is 1. The van der Waals surface area contributed by atoms with Crippen LogP contribution in [0.25, 0.3) is 0 Å². The van der Waals surface area contributed by atoms with Crippen molar-refractivity contribution < 1.29 is 5.11 Å². The summed E-state index contributed by atoms with van der Waals surface area (Å²) >= 11 is 7.99. The lowest BCUT2D eigenvalue weighted by Crippen LogP contribution is -2.19. The highest BCUT2D eigenvalue weighted by Crippen LogP contribution is 2.25. The molecule has 0 spiro atoms. The topological polar surface area (TPSA) is 32.3 Å². The molecule has 2 N–H and O–H groups in total. The molecule has 0 atom stereocenters. The third kappa shape index (κ3) is 6.10. The Morgan fingerprint density at radius 2 is 2.17 bits per heavy atom. The fourth-order valence-electron chi connectivity index (χ4n) is 1.51. The molecule has 0 aliphatic rings. The van der Waals surface area contributed by atoms with Gasteiger partial charge in [0.2, 0.25) is 0 Å². The van der Waals surface area contributed by atoms with E-state index >= 15 is 0 Å². The highest BCUT2D eigenvalue weighted by Gasteiger charge is 2.03. The number of aliphatic hydroxyl groups excluding tert-OH is 1. The zero-order chi connectivity index (χ0) is 13.4. The number of thioether (sulfide) groups is 1. The van der Waals surface area contributed by atoms with Crippen LogP contribution in [0, 0.1) is 5.92 Å². The van der Waals surface area contributed by atoms with Gasteiger partial charge in [-0.1, -0.05) is 31.5 Å². The number of rotatable bonds is 8. The molecule has 0 heterocycles. The smallest absolute Gasteiger partial charge is 0.0462 e. The Balaban J connectivity index is 2.46. The summed E-state index contributed by atoms with van der Waals surface area (Å²) in [6.07, 6.45) is 0.819. The van der Waals surface area contributed by atoms with Crippen molar-refractivity contribution in [3.05, 3.63) is 28.8 Å². The lowest BCUT2D eigenvalue weighted by molar-refractivity contribution is 0.296. The van der Waals surface area contributed by atoms with Crippen LogP contribution in [0.2, 0.25) is 5.02 Å². The summed E-state index contributed by atoms with van der Waals surface area (Å²) in [5.74, 6) is 1.58. The average molecular weight is 288 g/mol. The summed E-state index contributed by atoms with van der Waals surface area (Å²) in [6, 6.07) is 6.19. The van der Waals surface area contributed by atoms with Gasteiger partial charge in [-0.15, -0.1) is 11.8 Å². The lowest BCUT2D eigenvalue weighted by Gasteiger charge is -2.10. The quantitative estimate of drug-likeness (QED) is 0.566. The van der Waals surface area contributed by atoms with E-state index in [1.807, 2.05) is 6.07 Å². The van der Waals surface area contributed by atoms with Crippen LogP contribution in [0.4, 0.5) is 0 Å². The first-order valence-corrected chi connectivity index (χ1v) is 7.72. The van der Waals surface area contributed by atoms with Gasteiger partial charge in [0.25, 0.3) is 0 Å². The van der Waals surface area contributed by atoms with Crippen molar-refractivity contribution in [2.75, 3.05) is 18.9 Å². The highest BCUT2D eigenvalue weighted by molar-refractivity contribution is 7.99. The van der Waals surface area contributed by atoms with E-state index in [9.17, 15) is 0 Å². The van der Waals surface area contributed by atoms with E-state index in [-0.39, 0.29) is 6.61 Å². The first-order chi connectivity index (χ1) is 8.63. The predicted octanol–water partition coefficient (Wildman–Crippen LogP) is 3.56. The Bertz CT molecular complexity index is 358. The van der Waals surface area contributed by atoms with Crippen molar-refractivity contribution in [1.29, 1.82) is 0 Å². The molecular formula is C14H22ClNOS. The minimum Gasteiger partial charge on any atom is -0.396 e. The van der Waals surface area contributed by atoms with Gasteiger partial charge < -0.3 is 10.4 Å². The fourth-order valence-corrected chi connectivity index (χ4v) is 2.70. The van der Waals surface area contributed by atoms with Gasteiger partial charge in [0.15, 0.2) is 0 Å². The van der Waals surface area contributed by atoms with E-state index in [0.29, 0.717) is 5.92 Å². The van der Waals surface area contributed by atoms with Gasteiger partial charge in [-0.2, -0.15) is 0 Å². The fraction of sp³-hybridized carbons (Fsp3) is 0.571. The van der Waals surface area contributed by atoms with Crippen molar-refractivity contribution in [1.82, 2.24) is 5.32 Å². The molecule has 0 amide bonds. The van der Waals surface area contributed by atoms with Crippen LogP contribution in [0.15, 0.2) is 23.1 Å². The largest absolute Gasteiger partial charge is 0.396 e. The van der Waals surface area contributed by atoms with Crippen LogP contribution < -0.4 is 5.32 Å². The zero-order valence-electron chi connectivity index (χ0n) is 11.1. The molecule has 1 aromatic carbocycles. The first kappa shape index (κ1) is 15.8. The van der Waals surface area contributed by atoms with Crippen LogP contribution in [-0.4, -0.2) is 24.0 Å². The first-order valence-electron chi connectivity index (χ1n) is 6.36. The van der Waals surface area contributed by atoms with E-state index in [4.69, 9.17) is 16.7 Å². The van der Waals surface area contributed by atoms with Gasteiger partial charge in [-0.05, 0) is 36.6 Å². The van der Waals surface area contributed by atoms with Gasteiger partial charge in [0, 0.05) is 28.8 Å². The Hall–Kier alpha value is -0.220. The lowest BCUT2D eigenvalue weighted by atomic mass is 10.2. The SMILES string of the molecule is CC(C)CNCc1ccc(SCCCO)cc1Cl. The number of halogens is 1. The van der Waals surface area contributed by atoms with E-state index in [1.54, 1.807) is 11.8 Å². The number of aliphatic hydroxyl groups is 1. The van der Waals surface area contributed by atoms with Crippen molar-refractivity contribution in [3.8, 4) is 0 Å². The van der Waals surface area contributed by atoms with Crippen molar-refractivity contribution in [2.24, 2.45) is 5.92 Å². The van der Waals surface area contributed by atoms with Gasteiger partial charge in [-0.3, -0.25) is 0 Å². The molecule has 0 bridgehead atoms. The molecule has 0 radical (unpaired) electrons. The second-order valence-corrected chi connectivity index (χ2v) is 6.28. The molecule has 0 aliphatic carbocycles. The summed E-state index contributed by atoms with van der Waals surface area (Å²) in [5.41, 5.74) is 1.14. The molecule has 2 nitrogen and oxygen atoms in total. The van der Waals surface area contributed by atoms with Gasteiger partial charge in [-0.25, -0.2) is 0 Å². The Morgan fingerprint density at radius 1 is 1.39 bits per heavy atom. The van der Waals surface area contributed by atoms with Gasteiger partial charge in [0.05, 0.1) is 0 Å². The Kier molecular flexibility index (Phi) is 7.75. The zero-order valence-corrected chi connectivity index (χ0v) is 12.7. The molecule has 0 aliphatic heterocycles. The number of nitrogens with one attached hydrogen (secondary N) is 1. The molecule has 0 saturated carbocycles. The van der Waals surface area contributed by atoms with Crippen LogP contribution in [0.1, 0.15) is 25.8 Å². The van der Waals surface area contributed by atoms with Crippen LogP contribution in [-0.2, 0) is 6.54 Å². The summed E-state index contributed by atoms with van der Waals surface area (Å²) in [5, 5.41) is 12.9. The monoisotopic (exact) mass is 287 g/mol. The molecule has 18 heavy (non-hydrogen) atoms. The second kappa shape index (κ2) is 8.81. The van der Waals surface area contributed by atoms with Crippen LogP contribution >= 0.6 is 23.4 Å². The average Bonchev–Trinajstić information content (AvgIpc) is 2.32. The highest BCUT2D eigenvalue weighted by atomic mass is 35.5. The third-order valence-electron chi connectivity index (χ3n) is 2.46. The third-order valence-corrected chi connectivity index (χ3v) is 3.90. The van der Waals surface area contributed by atoms with E-state index in [0.717, 1.165) is 35.8 Å². The van der Waals surface area contributed by atoms with Gasteiger partial charge in [0.1, 0.15) is 0 Å². The molecule has 0 saturated heterocycles. The molecule has 0 aromatic heterocycles. The molecule has 1 rings (SSSR count). The van der Waals surface area contributed by atoms with Crippen LogP contribution in [0.3, 0.4) is 0 Å². The van der Waals surface area contributed by atoms with Gasteiger partial charge >= 0.3 is 0 Å². The second-order valence-electron chi connectivity index (χ2n) is 4.70. The normalized spacial score (nSPS) is 11.2. The van der Waals surface area contributed by atoms with Crippen molar-refractivity contribution in [2.45, 2.75) is 31.7 Å². The van der Waals surface area contributed by atoms with E-state index in [1.165, 1.54) is 4.90 Å². The summed E-state index contributed by atoms with van der Waals surface area (Å²) in [4.78, 5) is 1.17. The maximum absolute atomic E-state index is 8.74. The van der Waals surface area contributed by atoms with Crippen LogP contribution in [0.5, 0.6) is 0 Å². The predicted molar refractivity (Wildman–Crippen MR) is 80.4 cm³/mol. The number of hydrogen-bond acceptors (Lipinski definition) is 3. The Morgan fingerprint density at radius 3 is 2.78 bits per heavy atom. The molecule has 1 aromatic rings.